The first kappa shape index (κ1) is 9.77. The number of anilines is 1. The van der Waals surface area contributed by atoms with Crippen LogP contribution in [0.5, 0.6) is 0 Å². The summed E-state index contributed by atoms with van der Waals surface area (Å²) >= 11 is 0. The number of nitrogens with one attached hydrogen (secondary N) is 1. The van der Waals surface area contributed by atoms with Crippen LogP contribution in [-0.4, -0.2) is 19.9 Å². The fourth-order valence-electron chi connectivity index (χ4n) is 1.77. The molecule has 17 heavy (non-hydrogen) atoms. The van der Waals surface area contributed by atoms with E-state index in [4.69, 9.17) is 5.73 Å². The van der Waals surface area contributed by atoms with Gasteiger partial charge >= 0.3 is 0 Å². The van der Waals surface area contributed by atoms with Crippen molar-refractivity contribution in [3.8, 4) is 11.3 Å². The second-order valence-electron chi connectivity index (χ2n) is 3.90. The summed E-state index contributed by atoms with van der Waals surface area (Å²) in [4.78, 5) is 15.5. The molecule has 0 saturated carbocycles. The van der Waals surface area contributed by atoms with Crippen molar-refractivity contribution in [2.45, 2.75) is 6.92 Å². The van der Waals surface area contributed by atoms with Gasteiger partial charge in [-0.1, -0.05) is 29.8 Å². The van der Waals surface area contributed by atoms with E-state index in [1.54, 1.807) is 6.33 Å². The third-order valence-corrected chi connectivity index (χ3v) is 2.63. The minimum Gasteiger partial charge on any atom is -0.368 e. The number of fused-ring (bicyclic) bond motifs is 1. The molecule has 84 valence electrons. The van der Waals surface area contributed by atoms with Crippen LogP contribution in [0, 0.1) is 6.92 Å². The van der Waals surface area contributed by atoms with Crippen molar-refractivity contribution in [1.29, 1.82) is 0 Å². The Labute approximate surface area is 97.7 Å². The molecule has 2 aromatic heterocycles. The molecule has 1 aromatic carbocycles. The molecule has 5 nitrogen and oxygen atoms in total. The highest BCUT2D eigenvalue weighted by Crippen LogP contribution is 2.24. The van der Waals surface area contributed by atoms with Crippen molar-refractivity contribution in [2.75, 3.05) is 5.73 Å². The molecule has 0 amide bonds. The van der Waals surface area contributed by atoms with E-state index in [-0.39, 0.29) is 5.95 Å². The monoisotopic (exact) mass is 225 g/mol. The van der Waals surface area contributed by atoms with Gasteiger partial charge in [-0.3, -0.25) is 0 Å². The van der Waals surface area contributed by atoms with Crippen LogP contribution in [0.15, 0.2) is 30.6 Å². The van der Waals surface area contributed by atoms with Gasteiger partial charge in [0.15, 0.2) is 5.65 Å². The number of aromatic nitrogens is 4. The summed E-state index contributed by atoms with van der Waals surface area (Å²) in [6.07, 6.45) is 1.59. The summed E-state index contributed by atoms with van der Waals surface area (Å²) < 4.78 is 0. The number of nitrogen functional groups attached to an aromatic ring is 1. The van der Waals surface area contributed by atoms with Gasteiger partial charge in [0.05, 0.1) is 6.33 Å². The first-order chi connectivity index (χ1) is 8.24. The Balaban J connectivity index is 2.28. The van der Waals surface area contributed by atoms with Gasteiger partial charge < -0.3 is 10.7 Å². The molecule has 3 N–H and O–H groups in total. The average molecular weight is 225 g/mol. The molecule has 0 radical (unpaired) electrons. The Hall–Kier alpha value is -2.43. The van der Waals surface area contributed by atoms with Gasteiger partial charge in [-0.25, -0.2) is 9.97 Å². The van der Waals surface area contributed by atoms with E-state index in [0.29, 0.717) is 5.65 Å². The number of aromatic amines is 1. The van der Waals surface area contributed by atoms with Crippen LogP contribution >= 0.6 is 0 Å². The van der Waals surface area contributed by atoms with Gasteiger partial charge in [0.1, 0.15) is 11.2 Å². The van der Waals surface area contributed by atoms with Crippen molar-refractivity contribution in [1.82, 2.24) is 19.9 Å². The first-order valence-electron chi connectivity index (χ1n) is 5.27. The Kier molecular flexibility index (Phi) is 2.04. The summed E-state index contributed by atoms with van der Waals surface area (Å²) in [7, 11) is 0. The van der Waals surface area contributed by atoms with Gasteiger partial charge in [0, 0.05) is 5.56 Å². The largest absolute Gasteiger partial charge is 0.368 e. The van der Waals surface area contributed by atoms with Crippen LogP contribution in [-0.2, 0) is 0 Å². The minimum atomic E-state index is 0.236. The predicted molar refractivity (Wildman–Crippen MR) is 66.3 cm³/mol. The van der Waals surface area contributed by atoms with Crippen molar-refractivity contribution >= 4 is 17.1 Å². The number of hydrogen-bond donors (Lipinski definition) is 2. The summed E-state index contributed by atoms with van der Waals surface area (Å²) in [6, 6.07) is 8.10. The highest BCUT2D eigenvalue weighted by molar-refractivity contribution is 5.87. The van der Waals surface area contributed by atoms with Gasteiger partial charge in [0.2, 0.25) is 5.95 Å². The highest BCUT2D eigenvalue weighted by atomic mass is 15.1. The lowest BCUT2D eigenvalue weighted by atomic mass is 10.1. The van der Waals surface area contributed by atoms with Crippen LogP contribution in [0.25, 0.3) is 22.4 Å². The number of nitrogens with two attached hydrogens (primary N) is 1. The Morgan fingerprint density at radius 2 is 1.88 bits per heavy atom. The lowest BCUT2D eigenvalue weighted by molar-refractivity contribution is 1.22. The maximum absolute atomic E-state index is 5.68. The molecule has 0 aliphatic carbocycles. The summed E-state index contributed by atoms with van der Waals surface area (Å²) in [5, 5.41) is 0. The third-order valence-electron chi connectivity index (χ3n) is 2.63. The zero-order chi connectivity index (χ0) is 11.8. The number of benzene rings is 1. The Bertz CT molecular complexity index is 669. The van der Waals surface area contributed by atoms with Gasteiger partial charge in [-0.2, -0.15) is 4.98 Å². The Morgan fingerprint density at radius 1 is 1.12 bits per heavy atom. The van der Waals surface area contributed by atoms with E-state index < -0.39 is 0 Å². The molecule has 0 spiro atoms. The zero-order valence-corrected chi connectivity index (χ0v) is 9.31. The van der Waals surface area contributed by atoms with Gasteiger partial charge in [-0.15, -0.1) is 0 Å². The molecule has 0 aliphatic heterocycles. The van der Waals surface area contributed by atoms with E-state index in [1.165, 1.54) is 5.56 Å². The molecule has 0 atom stereocenters. The summed E-state index contributed by atoms with van der Waals surface area (Å²) in [6.45, 7) is 2.05. The lowest BCUT2D eigenvalue weighted by Gasteiger charge is -2.03. The molecular weight excluding hydrogens is 214 g/mol. The third kappa shape index (κ3) is 1.61. The molecule has 0 bridgehead atoms. The van der Waals surface area contributed by atoms with E-state index >= 15 is 0 Å². The standard InChI is InChI=1S/C12H11N5/c1-7-2-4-8(5-3-7)9-10-11(15-6-14-10)17-12(13)16-9/h2-6H,1H3,(H3,13,14,15,16,17). The molecule has 0 aliphatic rings. The first-order valence-corrected chi connectivity index (χ1v) is 5.27. The second kappa shape index (κ2) is 3.55. The number of nitrogens with zero attached hydrogens (tertiary/aromatic N) is 3. The molecule has 0 fully saturated rings. The number of imidazole rings is 1. The predicted octanol–water partition coefficient (Wildman–Crippen LogP) is 1.91. The fraction of sp³-hybridized carbons (Fsp3) is 0.0833. The van der Waals surface area contributed by atoms with Crippen LogP contribution < -0.4 is 5.73 Å². The number of rotatable bonds is 1. The fourth-order valence-corrected chi connectivity index (χ4v) is 1.77. The summed E-state index contributed by atoms with van der Waals surface area (Å²) in [5.41, 5.74) is 10.1. The zero-order valence-electron chi connectivity index (χ0n) is 9.31. The van der Waals surface area contributed by atoms with E-state index in [0.717, 1.165) is 16.8 Å². The molecule has 3 aromatic rings. The smallest absolute Gasteiger partial charge is 0.222 e. The van der Waals surface area contributed by atoms with E-state index in [2.05, 4.69) is 19.9 Å². The number of H-pyrrole nitrogens is 1. The summed E-state index contributed by atoms with van der Waals surface area (Å²) in [5.74, 6) is 0.236. The quantitative estimate of drug-likeness (QED) is 0.663. The van der Waals surface area contributed by atoms with E-state index in [1.807, 2.05) is 31.2 Å². The van der Waals surface area contributed by atoms with Gasteiger partial charge in [-0.05, 0) is 6.92 Å². The minimum absolute atomic E-state index is 0.236. The second-order valence-corrected chi connectivity index (χ2v) is 3.90. The van der Waals surface area contributed by atoms with Crippen molar-refractivity contribution in [3.05, 3.63) is 36.2 Å². The normalized spacial score (nSPS) is 10.9. The van der Waals surface area contributed by atoms with Crippen molar-refractivity contribution < 1.29 is 0 Å². The van der Waals surface area contributed by atoms with Crippen LogP contribution in [0.3, 0.4) is 0 Å². The topological polar surface area (TPSA) is 80.5 Å². The van der Waals surface area contributed by atoms with Gasteiger partial charge in [0.25, 0.3) is 0 Å². The maximum Gasteiger partial charge on any atom is 0.222 e. The maximum atomic E-state index is 5.68. The SMILES string of the molecule is Cc1ccc(-c2nc(N)nc3nc[nH]c23)cc1. The van der Waals surface area contributed by atoms with E-state index in [9.17, 15) is 0 Å². The molecule has 0 saturated heterocycles. The Morgan fingerprint density at radius 3 is 2.65 bits per heavy atom. The molecule has 5 heteroatoms. The average Bonchev–Trinajstić information content (AvgIpc) is 2.77. The number of aryl methyl sites for hydroxylation is 1. The van der Waals surface area contributed by atoms with Crippen LogP contribution in [0.1, 0.15) is 5.56 Å². The van der Waals surface area contributed by atoms with Crippen LogP contribution in [0.2, 0.25) is 0 Å². The molecular formula is C12H11N5. The highest BCUT2D eigenvalue weighted by Gasteiger charge is 2.09. The molecule has 3 rings (SSSR count). The van der Waals surface area contributed by atoms with Crippen molar-refractivity contribution in [2.24, 2.45) is 0 Å². The number of hydrogen-bond acceptors (Lipinski definition) is 4. The molecule has 0 unspecified atom stereocenters. The van der Waals surface area contributed by atoms with Crippen molar-refractivity contribution in [3.63, 3.8) is 0 Å². The van der Waals surface area contributed by atoms with Crippen LogP contribution in [0.4, 0.5) is 5.95 Å². The molecule has 2 heterocycles. The lowest BCUT2D eigenvalue weighted by Crippen LogP contribution is -1.97.